The molecule has 3 rings (SSSR count). The van der Waals surface area contributed by atoms with Gasteiger partial charge in [-0.1, -0.05) is 29.8 Å². The number of carbonyl (C=O) groups is 1. The van der Waals surface area contributed by atoms with Crippen molar-refractivity contribution in [1.82, 2.24) is 5.32 Å². The van der Waals surface area contributed by atoms with Crippen LogP contribution in [-0.4, -0.2) is 19.1 Å². The van der Waals surface area contributed by atoms with Crippen molar-refractivity contribution < 1.29 is 13.9 Å². The van der Waals surface area contributed by atoms with Crippen LogP contribution in [0.4, 0.5) is 0 Å². The molecule has 1 aromatic heterocycles. The highest BCUT2D eigenvalue weighted by Gasteiger charge is 2.19. The van der Waals surface area contributed by atoms with E-state index in [1.54, 1.807) is 12.3 Å². The smallest absolute Gasteiger partial charge is 0.244 e. The highest BCUT2D eigenvalue weighted by atomic mass is 16.5. The normalized spacial score (nSPS) is 11.7. The Hall–Kier alpha value is -3.01. The third kappa shape index (κ3) is 3.81. The molecular weight excluding hydrogens is 350 g/mol. The van der Waals surface area contributed by atoms with Gasteiger partial charge in [0.25, 0.3) is 0 Å². The van der Waals surface area contributed by atoms with E-state index in [-0.39, 0.29) is 5.91 Å². The SMILES string of the molecule is CCNC(=O)/C=C(\C)c1cc2c(-c3ccc(C)cc3)coc2c(C)c1OCC. The minimum Gasteiger partial charge on any atom is -0.493 e. The lowest BCUT2D eigenvalue weighted by atomic mass is 9.96. The van der Waals surface area contributed by atoms with Crippen molar-refractivity contribution >= 4 is 22.4 Å². The van der Waals surface area contributed by atoms with Crippen LogP contribution in [0.25, 0.3) is 27.7 Å². The van der Waals surface area contributed by atoms with Gasteiger partial charge >= 0.3 is 0 Å². The molecule has 1 heterocycles. The summed E-state index contributed by atoms with van der Waals surface area (Å²) in [6, 6.07) is 10.5. The van der Waals surface area contributed by atoms with Crippen LogP contribution in [0.2, 0.25) is 0 Å². The molecule has 3 aromatic rings. The third-order valence-electron chi connectivity index (χ3n) is 4.82. The fourth-order valence-corrected chi connectivity index (χ4v) is 3.40. The maximum absolute atomic E-state index is 12.1. The zero-order chi connectivity index (χ0) is 20.3. The number of aryl methyl sites for hydroxylation is 2. The summed E-state index contributed by atoms with van der Waals surface area (Å²) in [5, 5.41) is 3.83. The molecule has 146 valence electrons. The molecule has 4 nitrogen and oxygen atoms in total. The summed E-state index contributed by atoms with van der Waals surface area (Å²) in [6.45, 7) is 11.0. The number of allylic oxidation sites excluding steroid dienone is 1. The van der Waals surface area contributed by atoms with E-state index in [9.17, 15) is 4.79 Å². The minimum absolute atomic E-state index is 0.105. The van der Waals surface area contributed by atoms with E-state index >= 15 is 0 Å². The molecule has 0 bridgehead atoms. The molecule has 1 amide bonds. The average molecular weight is 377 g/mol. The summed E-state index contributed by atoms with van der Waals surface area (Å²) in [6.07, 6.45) is 3.42. The van der Waals surface area contributed by atoms with Gasteiger partial charge in [-0.2, -0.15) is 0 Å². The van der Waals surface area contributed by atoms with Gasteiger partial charge in [0.15, 0.2) is 0 Å². The first kappa shape index (κ1) is 19.7. The highest BCUT2D eigenvalue weighted by Crippen LogP contribution is 2.40. The predicted octanol–water partition coefficient (Wildman–Crippen LogP) is 5.65. The lowest BCUT2D eigenvalue weighted by Gasteiger charge is -2.15. The predicted molar refractivity (Wildman–Crippen MR) is 115 cm³/mol. The van der Waals surface area contributed by atoms with Crippen molar-refractivity contribution in [3.05, 3.63) is 59.4 Å². The van der Waals surface area contributed by atoms with Crippen LogP contribution in [0.15, 0.2) is 47.1 Å². The number of amides is 1. The Kier molecular flexibility index (Phi) is 5.88. The lowest BCUT2D eigenvalue weighted by Crippen LogP contribution is -2.20. The first-order valence-corrected chi connectivity index (χ1v) is 9.67. The molecule has 0 saturated heterocycles. The molecule has 0 radical (unpaired) electrons. The molecule has 0 fully saturated rings. The number of rotatable bonds is 6. The van der Waals surface area contributed by atoms with E-state index < -0.39 is 0 Å². The van der Waals surface area contributed by atoms with Crippen LogP contribution in [0.1, 0.15) is 37.5 Å². The summed E-state index contributed by atoms with van der Waals surface area (Å²) in [7, 11) is 0. The van der Waals surface area contributed by atoms with E-state index in [0.717, 1.165) is 44.5 Å². The quantitative estimate of drug-likeness (QED) is 0.564. The minimum atomic E-state index is -0.105. The van der Waals surface area contributed by atoms with Gasteiger partial charge in [0, 0.05) is 34.7 Å². The van der Waals surface area contributed by atoms with E-state index in [4.69, 9.17) is 9.15 Å². The number of carbonyl (C=O) groups excluding carboxylic acids is 1. The second-order valence-electron chi connectivity index (χ2n) is 6.93. The van der Waals surface area contributed by atoms with Gasteiger partial charge in [0.05, 0.1) is 12.9 Å². The second kappa shape index (κ2) is 8.34. The van der Waals surface area contributed by atoms with Gasteiger partial charge < -0.3 is 14.5 Å². The first-order valence-electron chi connectivity index (χ1n) is 9.67. The summed E-state index contributed by atoms with van der Waals surface area (Å²) in [4.78, 5) is 12.1. The maximum atomic E-state index is 12.1. The molecule has 0 unspecified atom stereocenters. The second-order valence-corrected chi connectivity index (χ2v) is 6.93. The number of likely N-dealkylation sites (N-methyl/N-ethyl adjacent to an activating group) is 1. The van der Waals surface area contributed by atoms with Gasteiger partial charge in [-0.15, -0.1) is 0 Å². The highest BCUT2D eigenvalue weighted by molar-refractivity contribution is 6.01. The van der Waals surface area contributed by atoms with Crippen LogP contribution in [0.3, 0.4) is 0 Å². The number of benzene rings is 2. The summed E-state index contributed by atoms with van der Waals surface area (Å²) in [5.41, 5.74) is 6.87. The molecule has 1 N–H and O–H groups in total. The summed E-state index contributed by atoms with van der Waals surface area (Å²) < 4.78 is 11.9. The van der Waals surface area contributed by atoms with Crippen molar-refractivity contribution in [1.29, 1.82) is 0 Å². The van der Waals surface area contributed by atoms with Crippen LogP contribution in [-0.2, 0) is 4.79 Å². The van der Waals surface area contributed by atoms with E-state index in [1.807, 2.05) is 27.7 Å². The molecule has 0 aliphatic heterocycles. The number of furan rings is 1. The number of ether oxygens (including phenoxy) is 1. The molecular formula is C24H27NO3. The Bertz CT molecular complexity index is 1030. The van der Waals surface area contributed by atoms with Crippen LogP contribution >= 0.6 is 0 Å². The molecule has 0 saturated carbocycles. The standard InChI is InChI=1S/C24H27NO3/c1-6-25-22(26)12-16(4)19-13-20-21(18-10-8-15(3)9-11-18)14-28-24(20)17(5)23(19)27-7-2/h8-14H,6-7H2,1-5H3,(H,25,26)/b16-12+. The Morgan fingerprint density at radius 1 is 1.18 bits per heavy atom. The van der Waals surface area contributed by atoms with E-state index in [2.05, 4.69) is 42.6 Å². The van der Waals surface area contributed by atoms with Crippen molar-refractivity contribution in [3.63, 3.8) is 0 Å². The summed E-state index contributed by atoms with van der Waals surface area (Å²) >= 11 is 0. The number of nitrogens with one attached hydrogen (secondary N) is 1. The van der Waals surface area contributed by atoms with Crippen molar-refractivity contribution in [2.45, 2.75) is 34.6 Å². The third-order valence-corrected chi connectivity index (χ3v) is 4.82. The number of hydrogen-bond acceptors (Lipinski definition) is 3. The topological polar surface area (TPSA) is 51.5 Å². The Morgan fingerprint density at radius 3 is 2.54 bits per heavy atom. The van der Waals surface area contributed by atoms with E-state index in [0.29, 0.717) is 13.2 Å². The number of fused-ring (bicyclic) bond motifs is 1. The average Bonchev–Trinajstić information content (AvgIpc) is 3.09. The van der Waals surface area contributed by atoms with Crippen LogP contribution in [0.5, 0.6) is 5.75 Å². The van der Waals surface area contributed by atoms with Crippen LogP contribution < -0.4 is 10.1 Å². The first-order chi connectivity index (χ1) is 13.5. The van der Waals surface area contributed by atoms with Gasteiger partial charge in [-0.05, 0) is 51.8 Å². The van der Waals surface area contributed by atoms with Gasteiger partial charge in [0.1, 0.15) is 11.3 Å². The van der Waals surface area contributed by atoms with Gasteiger partial charge in [-0.25, -0.2) is 0 Å². The van der Waals surface area contributed by atoms with E-state index in [1.165, 1.54) is 5.56 Å². The van der Waals surface area contributed by atoms with Crippen LogP contribution in [0, 0.1) is 13.8 Å². The fourth-order valence-electron chi connectivity index (χ4n) is 3.40. The molecule has 0 spiro atoms. The molecule has 0 atom stereocenters. The Labute approximate surface area is 166 Å². The number of hydrogen-bond donors (Lipinski definition) is 1. The van der Waals surface area contributed by atoms with Crippen molar-refractivity contribution in [3.8, 4) is 16.9 Å². The molecule has 2 aromatic carbocycles. The Balaban J connectivity index is 2.21. The van der Waals surface area contributed by atoms with Gasteiger partial charge in [-0.3, -0.25) is 4.79 Å². The largest absolute Gasteiger partial charge is 0.493 e. The molecule has 0 aliphatic carbocycles. The molecule has 0 aliphatic rings. The fraction of sp³-hybridized carbons (Fsp3) is 0.292. The Morgan fingerprint density at radius 2 is 1.89 bits per heavy atom. The monoisotopic (exact) mass is 377 g/mol. The van der Waals surface area contributed by atoms with Gasteiger partial charge in [0.2, 0.25) is 5.91 Å². The van der Waals surface area contributed by atoms with Crippen molar-refractivity contribution in [2.24, 2.45) is 0 Å². The zero-order valence-corrected chi connectivity index (χ0v) is 17.2. The molecule has 28 heavy (non-hydrogen) atoms. The maximum Gasteiger partial charge on any atom is 0.244 e. The molecule has 4 heteroatoms. The summed E-state index contributed by atoms with van der Waals surface area (Å²) in [5.74, 6) is 0.656. The lowest BCUT2D eigenvalue weighted by molar-refractivity contribution is -0.116. The zero-order valence-electron chi connectivity index (χ0n) is 17.2. The van der Waals surface area contributed by atoms with Crippen molar-refractivity contribution in [2.75, 3.05) is 13.2 Å².